The van der Waals surface area contributed by atoms with Crippen molar-refractivity contribution >= 4 is 39.1 Å². The number of ether oxygens (including phenoxy) is 1. The molecule has 0 aliphatic carbocycles. The van der Waals surface area contributed by atoms with Crippen molar-refractivity contribution in [1.82, 2.24) is 14.6 Å². The first-order valence-corrected chi connectivity index (χ1v) is 12.2. The normalized spacial score (nSPS) is 14.1. The quantitative estimate of drug-likeness (QED) is 0.484. The molecule has 0 bridgehead atoms. The third-order valence-corrected chi connectivity index (χ3v) is 7.49. The number of carbonyl (C=O) groups is 3. The molecule has 0 unspecified atom stereocenters. The van der Waals surface area contributed by atoms with Crippen LogP contribution < -0.4 is 5.32 Å². The maximum Gasteiger partial charge on any atom is 0.327 e. The lowest BCUT2D eigenvalue weighted by Gasteiger charge is -2.13. The van der Waals surface area contributed by atoms with Crippen LogP contribution in [0.3, 0.4) is 0 Å². The molecule has 0 spiro atoms. The van der Waals surface area contributed by atoms with E-state index in [4.69, 9.17) is 4.74 Å². The van der Waals surface area contributed by atoms with Crippen LogP contribution in [-0.2, 0) is 43.9 Å². The number of sulfonamides is 1. The highest BCUT2D eigenvalue weighted by Gasteiger charge is 2.42. The number of fused-ring (bicyclic) bond motifs is 1. The zero-order chi connectivity index (χ0) is 23.4. The molecule has 170 valence electrons. The molecular weight excluding hydrogens is 466 g/mol. The highest BCUT2D eigenvalue weighted by Crippen LogP contribution is 2.29. The summed E-state index contributed by atoms with van der Waals surface area (Å²) in [4.78, 5) is 40.8. The maximum absolute atomic E-state index is 12.5. The Labute approximate surface area is 194 Å². The molecular formula is C22H19N3O6S2. The molecule has 4 rings (SSSR count). The second kappa shape index (κ2) is 9.51. The summed E-state index contributed by atoms with van der Waals surface area (Å²) in [5, 5.41) is 5.02. The fourth-order valence-electron chi connectivity index (χ4n) is 3.20. The van der Waals surface area contributed by atoms with E-state index >= 15 is 0 Å². The van der Waals surface area contributed by atoms with Gasteiger partial charge in [-0.3, -0.25) is 14.4 Å². The molecule has 1 aliphatic rings. The van der Waals surface area contributed by atoms with Gasteiger partial charge < -0.3 is 10.1 Å². The summed E-state index contributed by atoms with van der Waals surface area (Å²) in [5.74, 6) is -1.83. The summed E-state index contributed by atoms with van der Waals surface area (Å²) in [7, 11) is -4.08. The minimum atomic E-state index is -4.08. The lowest BCUT2D eigenvalue weighted by Crippen LogP contribution is -2.35. The van der Waals surface area contributed by atoms with Gasteiger partial charge >= 0.3 is 5.97 Å². The van der Waals surface area contributed by atoms with Gasteiger partial charge in [0.05, 0.1) is 17.7 Å². The lowest BCUT2D eigenvalue weighted by molar-refractivity contribution is -0.144. The highest BCUT2D eigenvalue weighted by atomic mass is 32.2. The zero-order valence-electron chi connectivity index (χ0n) is 17.3. The minimum Gasteiger partial charge on any atom is -0.458 e. The average Bonchev–Trinajstić information content (AvgIpc) is 3.33. The van der Waals surface area contributed by atoms with Gasteiger partial charge in [-0.1, -0.05) is 42.5 Å². The van der Waals surface area contributed by atoms with Crippen LogP contribution in [0.2, 0.25) is 0 Å². The molecule has 0 saturated carbocycles. The van der Waals surface area contributed by atoms with E-state index < -0.39 is 28.4 Å². The van der Waals surface area contributed by atoms with Gasteiger partial charge in [-0.05, 0) is 17.7 Å². The van der Waals surface area contributed by atoms with Crippen LogP contribution in [0.1, 0.15) is 26.6 Å². The fourth-order valence-corrected chi connectivity index (χ4v) is 5.49. The predicted octanol–water partition coefficient (Wildman–Crippen LogP) is 1.89. The molecule has 33 heavy (non-hydrogen) atoms. The van der Waals surface area contributed by atoms with Gasteiger partial charge in [-0.2, -0.15) is 0 Å². The third-order valence-electron chi connectivity index (χ3n) is 4.81. The van der Waals surface area contributed by atoms with Crippen molar-refractivity contribution < 1.29 is 27.5 Å². The van der Waals surface area contributed by atoms with Gasteiger partial charge in [0.1, 0.15) is 23.1 Å². The van der Waals surface area contributed by atoms with Crippen molar-refractivity contribution in [3.05, 3.63) is 81.8 Å². The van der Waals surface area contributed by atoms with E-state index in [1.165, 1.54) is 29.5 Å². The van der Waals surface area contributed by atoms with E-state index in [1.54, 1.807) is 11.4 Å². The van der Waals surface area contributed by atoms with Gasteiger partial charge in [-0.15, -0.1) is 11.3 Å². The molecule has 2 amide bonds. The Morgan fingerprint density at radius 3 is 2.55 bits per heavy atom. The first-order chi connectivity index (χ1) is 15.8. The Bertz CT molecular complexity index is 1300. The summed E-state index contributed by atoms with van der Waals surface area (Å²) in [6.07, 6.45) is 0.0875. The standard InChI is InChI=1S/C22H19N3O6S2/c26-19(23-11-15-6-2-1-3-7-15)10-20-24-16(14-32-20)13-31-21(27)12-25-22(28)17-8-4-5-9-18(17)33(25,29)30/h1-9,14H,10-13H2,(H,23,26). The van der Waals surface area contributed by atoms with Crippen LogP contribution in [0.25, 0.3) is 0 Å². The Kier molecular flexibility index (Phi) is 6.52. The number of nitrogens with one attached hydrogen (secondary N) is 1. The fraction of sp³-hybridized carbons (Fsp3) is 0.182. The second-order valence-corrected chi connectivity index (χ2v) is 9.92. The molecule has 0 saturated heterocycles. The molecule has 11 heteroatoms. The van der Waals surface area contributed by atoms with Crippen molar-refractivity contribution in [1.29, 1.82) is 0 Å². The molecule has 2 aromatic carbocycles. The number of nitrogens with zero attached hydrogens (tertiary/aromatic N) is 2. The van der Waals surface area contributed by atoms with Crippen molar-refractivity contribution in [2.24, 2.45) is 0 Å². The Morgan fingerprint density at radius 2 is 1.79 bits per heavy atom. The molecule has 0 atom stereocenters. The number of amides is 2. The third kappa shape index (κ3) is 5.10. The van der Waals surface area contributed by atoms with Gasteiger partial charge in [0.25, 0.3) is 15.9 Å². The van der Waals surface area contributed by atoms with Crippen LogP contribution in [0.5, 0.6) is 0 Å². The van der Waals surface area contributed by atoms with Gasteiger partial charge in [-0.25, -0.2) is 17.7 Å². The topological polar surface area (TPSA) is 123 Å². The van der Waals surface area contributed by atoms with Crippen LogP contribution in [0, 0.1) is 0 Å². The largest absolute Gasteiger partial charge is 0.458 e. The smallest absolute Gasteiger partial charge is 0.327 e. The lowest BCUT2D eigenvalue weighted by atomic mass is 10.2. The second-order valence-electron chi connectivity index (χ2n) is 7.15. The van der Waals surface area contributed by atoms with Crippen LogP contribution >= 0.6 is 11.3 Å². The number of thiazole rings is 1. The van der Waals surface area contributed by atoms with Crippen molar-refractivity contribution in [3.8, 4) is 0 Å². The van der Waals surface area contributed by atoms with Crippen LogP contribution in [0.15, 0.2) is 64.9 Å². The summed E-state index contributed by atoms with van der Waals surface area (Å²) in [6.45, 7) is -0.512. The predicted molar refractivity (Wildman–Crippen MR) is 119 cm³/mol. The molecule has 1 aromatic heterocycles. The average molecular weight is 486 g/mol. The maximum atomic E-state index is 12.5. The van der Waals surface area contributed by atoms with Crippen molar-refractivity contribution in [3.63, 3.8) is 0 Å². The van der Waals surface area contributed by atoms with E-state index in [0.717, 1.165) is 5.56 Å². The number of aromatic nitrogens is 1. The van der Waals surface area contributed by atoms with Crippen molar-refractivity contribution in [2.75, 3.05) is 6.54 Å². The molecule has 2 heterocycles. The van der Waals surface area contributed by atoms with Crippen molar-refractivity contribution in [2.45, 2.75) is 24.5 Å². The van der Waals surface area contributed by atoms with Gasteiger partial charge in [0, 0.05) is 11.9 Å². The molecule has 9 nitrogen and oxygen atoms in total. The Hall–Kier alpha value is -3.57. The SMILES string of the molecule is O=C(Cc1nc(COC(=O)CN2C(=O)c3ccccc3S2(=O)=O)cs1)NCc1ccccc1. The van der Waals surface area contributed by atoms with Crippen LogP contribution in [-0.4, -0.2) is 42.0 Å². The first kappa shape index (κ1) is 22.6. The van der Waals surface area contributed by atoms with E-state index in [9.17, 15) is 22.8 Å². The number of hydrogen-bond acceptors (Lipinski definition) is 8. The van der Waals surface area contributed by atoms with E-state index in [0.29, 0.717) is 21.6 Å². The highest BCUT2D eigenvalue weighted by molar-refractivity contribution is 7.90. The molecule has 1 aliphatic heterocycles. The number of esters is 1. The molecule has 3 aromatic rings. The summed E-state index contributed by atoms with van der Waals surface area (Å²) >= 11 is 1.25. The summed E-state index contributed by atoms with van der Waals surface area (Å²) in [6, 6.07) is 15.3. The Balaban J connectivity index is 1.27. The number of hydrogen-bond donors (Lipinski definition) is 1. The monoisotopic (exact) mass is 485 g/mol. The number of rotatable bonds is 8. The Morgan fingerprint density at radius 1 is 1.06 bits per heavy atom. The number of benzene rings is 2. The van der Waals surface area contributed by atoms with E-state index in [1.807, 2.05) is 30.3 Å². The zero-order valence-corrected chi connectivity index (χ0v) is 18.9. The first-order valence-electron chi connectivity index (χ1n) is 9.90. The summed E-state index contributed by atoms with van der Waals surface area (Å²) < 4.78 is 30.6. The van der Waals surface area contributed by atoms with Crippen LogP contribution in [0.4, 0.5) is 0 Å². The van der Waals surface area contributed by atoms with E-state index in [2.05, 4.69) is 10.3 Å². The number of carbonyl (C=O) groups excluding carboxylic acids is 3. The summed E-state index contributed by atoms with van der Waals surface area (Å²) in [5.41, 5.74) is 1.44. The minimum absolute atomic E-state index is 0.0278. The molecule has 1 N–H and O–H groups in total. The van der Waals surface area contributed by atoms with Gasteiger partial charge in [0.2, 0.25) is 5.91 Å². The van der Waals surface area contributed by atoms with Gasteiger partial charge in [0.15, 0.2) is 0 Å². The molecule has 0 fully saturated rings. The van der Waals surface area contributed by atoms with E-state index in [-0.39, 0.29) is 29.4 Å². The molecule has 0 radical (unpaired) electrons.